The molecule has 0 aliphatic heterocycles. The lowest BCUT2D eigenvalue weighted by Gasteiger charge is -2.23. The zero-order valence-corrected chi connectivity index (χ0v) is 9.18. The highest BCUT2D eigenvalue weighted by molar-refractivity contribution is 5.93. The molecule has 0 spiro atoms. The van der Waals surface area contributed by atoms with E-state index in [0.717, 1.165) is 12.8 Å². The molecule has 0 atom stereocenters. The third-order valence-electron chi connectivity index (χ3n) is 1.98. The Bertz CT molecular complexity index is 235. The van der Waals surface area contributed by atoms with Gasteiger partial charge in [-0.1, -0.05) is 19.8 Å². The van der Waals surface area contributed by atoms with Gasteiger partial charge in [0.05, 0.1) is 0 Å². The predicted octanol–water partition coefficient (Wildman–Crippen LogP) is 0.925. The minimum Gasteiger partial charge on any atom is -0.396 e. The van der Waals surface area contributed by atoms with Crippen LogP contribution in [0.5, 0.6) is 0 Å². The van der Waals surface area contributed by atoms with E-state index in [-0.39, 0.29) is 17.9 Å². The topological polar surface area (TPSA) is 49.3 Å². The van der Waals surface area contributed by atoms with E-state index in [4.69, 9.17) is 5.11 Å². The SMILES string of the molecule is CC#CC(=O)NCC(C)(C)CCCO. The highest BCUT2D eigenvalue weighted by atomic mass is 16.2. The molecular weight excluding hydrogens is 178 g/mol. The van der Waals surface area contributed by atoms with Crippen LogP contribution in [0.25, 0.3) is 0 Å². The van der Waals surface area contributed by atoms with Crippen molar-refractivity contribution in [1.82, 2.24) is 5.32 Å². The van der Waals surface area contributed by atoms with Crippen molar-refractivity contribution in [3.63, 3.8) is 0 Å². The summed E-state index contributed by atoms with van der Waals surface area (Å²) in [6.45, 7) is 6.55. The number of aliphatic hydroxyl groups is 1. The maximum absolute atomic E-state index is 11.0. The third kappa shape index (κ3) is 6.50. The van der Waals surface area contributed by atoms with Crippen LogP contribution in [0.15, 0.2) is 0 Å². The second-order valence-electron chi connectivity index (χ2n) is 4.05. The van der Waals surface area contributed by atoms with Gasteiger partial charge in [-0.2, -0.15) is 0 Å². The Balaban J connectivity index is 3.84. The molecule has 0 heterocycles. The van der Waals surface area contributed by atoms with Crippen molar-refractivity contribution in [2.24, 2.45) is 5.41 Å². The molecule has 0 bridgehead atoms. The molecule has 0 aromatic carbocycles. The maximum Gasteiger partial charge on any atom is 0.295 e. The van der Waals surface area contributed by atoms with Crippen molar-refractivity contribution >= 4 is 5.91 Å². The molecule has 0 aromatic heterocycles. The molecule has 80 valence electrons. The molecule has 0 radical (unpaired) electrons. The molecule has 0 saturated heterocycles. The Morgan fingerprint density at radius 2 is 2.14 bits per heavy atom. The summed E-state index contributed by atoms with van der Waals surface area (Å²) in [4.78, 5) is 11.0. The minimum absolute atomic E-state index is 0.0216. The van der Waals surface area contributed by atoms with Crippen molar-refractivity contribution in [3.8, 4) is 11.8 Å². The number of nitrogens with one attached hydrogen (secondary N) is 1. The molecule has 0 aliphatic rings. The summed E-state index contributed by atoms with van der Waals surface area (Å²) >= 11 is 0. The Morgan fingerprint density at radius 3 is 2.64 bits per heavy atom. The van der Waals surface area contributed by atoms with Crippen LogP contribution in [0.2, 0.25) is 0 Å². The Hall–Kier alpha value is -1.01. The summed E-state index contributed by atoms with van der Waals surface area (Å²) in [7, 11) is 0. The fourth-order valence-electron chi connectivity index (χ4n) is 1.12. The van der Waals surface area contributed by atoms with E-state index < -0.39 is 0 Å². The fourth-order valence-corrected chi connectivity index (χ4v) is 1.12. The number of hydrogen-bond donors (Lipinski definition) is 2. The highest BCUT2D eigenvalue weighted by Crippen LogP contribution is 2.20. The Labute approximate surface area is 85.9 Å². The van der Waals surface area contributed by atoms with Gasteiger partial charge in [0, 0.05) is 13.2 Å². The molecule has 0 rings (SSSR count). The first kappa shape index (κ1) is 13.0. The van der Waals surface area contributed by atoms with Crippen LogP contribution in [0.1, 0.15) is 33.6 Å². The minimum atomic E-state index is -0.232. The van der Waals surface area contributed by atoms with Gasteiger partial charge in [0.15, 0.2) is 0 Å². The van der Waals surface area contributed by atoms with Crippen LogP contribution in [-0.2, 0) is 4.79 Å². The van der Waals surface area contributed by atoms with Crippen LogP contribution in [0.3, 0.4) is 0 Å². The second-order valence-corrected chi connectivity index (χ2v) is 4.05. The van der Waals surface area contributed by atoms with Gasteiger partial charge in [0.25, 0.3) is 5.91 Å². The summed E-state index contributed by atoms with van der Waals surface area (Å²) in [6.07, 6.45) is 1.66. The van der Waals surface area contributed by atoms with Gasteiger partial charge in [0.1, 0.15) is 0 Å². The van der Waals surface area contributed by atoms with E-state index in [2.05, 4.69) is 31.0 Å². The van der Waals surface area contributed by atoms with Crippen LogP contribution < -0.4 is 5.32 Å². The van der Waals surface area contributed by atoms with E-state index in [0.29, 0.717) is 6.54 Å². The summed E-state index contributed by atoms with van der Waals surface area (Å²) in [5, 5.41) is 11.4. The number of aliphatic hydroxyl groups excluding tert-OH is 1. The van der Waals surface area contributed by atoms with Gasteiger partial charge in [-0.3, -0.25) is 4.79 Å². The molecule has 3 nitrogen and oxygen atoms in total. The molecule has 0 aliphatic carbocycles. The molecular formula is C11H19NO2. The van der Waals surface area contributed by atoms with Crippen LogP contribution in [0.4, 0.5) is 0 Å². The zero-order chi connectivity index (χ0) is 11.0. The third-order valence-corrected chi connectivity index (χ3v) is 1.98. The number of amides is 1. The quantitative estimate of drug-likeness (QED) is 0.644. The van der Waals surface area contributed by atoms with Gasteiger partial charge >= 0.3 is 0 Å². The molecule has 3 heteroatoms. The molecule has 0 unspecified atom stereocenters. The number of carbonyl (C=O) groups excluding carboxylic acids is 1. The molecule has 1 amide bonds. The molecule has 0 aromatic rings. The first-order valence-corrected chi connectivity index (χ1v) is 4.83. The average molecular weight is 197 g/mol. The van der Waals surface area contributed by atoms with Gasteiger partial charge in [-0.15, -0.1) is 0 Å². The van der Waals surface area contributed by atoms with E-state index in [9.17, 15) is 4.79 Å². The van der Waals surface area contributed by atoms with Gasteiger partial charge in [-0.05, 0) is 31.1 Å². The van der Waals surface area contributed by atoms with Gasteiger partial charge in [-0.25, -0.2) is 0 Å². The van der Waals surface area contributed by atoms with Crippen LogP contribution >= 0.6 is 0 Å². The largest absolute Gasteiger partial charge is 0.396 e. The number of rotatable bonds is 5. The van der Waals surface area contributed by atoms with Crippen molar-refractivity contribution in [3.05, 3.63) is 0 Å². The van der Waals surface area contributed by atoms with E-state index in [1.165, 1.54) is 0 Å². The van der Waals surface area contributed by atoms with Gasteiger partial charge in [0.2, 0.25) is 0 Å². The summed E-state index contributed by atoms with van der Waals surface area (Å²) in [5.74, 6) is 4.74. The first-order valence-electron chi connectivity index (χ1n) is 4.83. The summed E-state index contributed by atoms with van der Waals surface area (Å²) < 4.78 is 0. The number of carbonyl (C=O) groups is 1. The van der Waals surface area contributed by atoms with Crippen molar-refractivity contribution in [1.29, 1.82) is 0 Å². The van der Waals surface area contributed by atoms with Gasteiger partial charge < -0.3 is 10.4 Å². The summed E-state index contributed by atoms with van der Waals surface area (Å²) in [6, 6.07) is 0. The lowest BCUT2D eigenvalue weighted by molar-refractivity contribution is -0.116. The van der Waals surface area contributed by atoms with Crippen molar-refractivity contribution < 1.29 is 9.90 Å². The summed E-state index contributed by atoms with van der Waals surface area (Å²) in [5.41, 5.74) is 0.0216. The normalized spacial score (nSPS) is 10.3. The van der Waals surface area contributed by atoms with Crippen molar-refractivity contribution in [2.45, 2.75) is 33.6 Å². The van der Waals surface area contributed by atoms with E-state index >= 15 is 0 Å². The standard InChI is InChI=1S/C11H19NO2/c1-4-6-10(14)12-9-11(2,3)7-5-8-13/h13H,5,7-9H2,1-3H3,(H,12,14). The lowest BCUT2D eigenvalue weighted by Crippen LogP contribution is -2.33. The Morgan fingerprint density at radius 1 is 1.50 bits per heavy atom. The molecule has 0 fully saturated rings. The smallest absolute Gasteiger partial charge is 0.295 e. The van der Waals surface area contributed by atoms with E-state index in [1.807, 2.05) is 0 Å². The molecule has 14 heavy (non-hydrogen) atoms. The average Bonchev–Trinajstić information content (AvgIpc) is 2.13. The van der Waals surface area contributed by atoms with E-state index in [1.54, 1.807) is 6.92 Å². The Kier molecular flexibility index (Phi) is 5.98. The predicted molar refractivity (Wildman–Crippen MR) is 56.6 cm³/mol. The van der Waals surface area contributed by atoms with Crippen LogP contribution in [0, 0.1) is 17.3 Å². The second kappa shape index (κ2) is 6.44. The highest BCUT2D eigenvalue weighted by Gasteiger charge is 2.17. The monoisotopic (exact) mass is 197 g/mol. The lowest BCUT2D eigenvalue weighted by atomic mass is 9.88. The van der Waals surface area contributed by atoms with Crippen molar-refractivity contribution in [2.75, 3.05) is 13.2 Å². The first-order chi connectivity index (χ1) is 6.52. The maximum atomic E-state index is 11.0. The fraction of sp³-hybridized carbons (Fsp3) is 0.727. The molecule has 2 N–H and O–H groups in total. The van der Waals surface area contributed by atoms with Crippen LogP contribution in [-0.4, -0.2) is 24.2 Å². The molecule has 0 saturated carbocycles. The zero-order valence-electron chi connectivity index (χ0n) is 9.18. The number of hydrogen-bond acceptors (Lipinski definition) is 2.